The lowest BCUT2D eigenvalue weighted by atomic mass is 9.82. The summed E-state index contributed by atoms with van der Waals surface area (Å²) in [6.07, 6.45) is 0. The second-order valence-electron chi connectivity index (χ2n) is 14.2. The van der Waals surface area contributed by atoms with Gasteiger partial charge in [-0.3, -0.25) is 0 Å². The zero-order valence-corrected chi connectivity index (χ0v) is 28.5. The van der Waals surface area contributed by atoms with Crippen LogP contribution in [0.4, 0.5) is 0 Å². The molecule has 0 aliphatic heterocycles. The lowest BCUT2D eigenvalue weighted by Crippen LogP contribution is -2.15. The van der Waals surface area contributed by atoms with E-state index in [2.05, 4.69) is 173 Å². The van der Waals surface area contributed by atoms with Crippen LogP contribution in [0.3, 0.4) is 0 Å². The fourth-order valence-electron chi connectivity index (χ4n) is 7.78. The number of fused-ring (bicyclic) bond motifs is 6. The third kappa shape index (κ3) is 4.72. The summed E-state index contributed by atoms with van der Waals surface area (Å²) in [5.74, 6) is 0.727. The van der Waals surface area contributed by atoms with E-state index in [1.54, 1.807) is 0 Å². The lowest BCUT2D eigenvalue weighted by molar-refractivity contribution is 0.661. The number of benzene rings is 6. The van der Waals surface area contributed by atoms with Crippen LogP contribution in [0, 0.1) is 20.8 Å². The van der Waals surface area contributed by atoms with Crippen LogP contribution in [0.2, 0.25) is 0 Å². The Morgan fingerprint density at radius 3 is 1.88 bits per heavy atom. The van der Waals surface area contributed by atoms with Gasteiger partial charge in [-0.05, 0) is 91.1 Å². The molecule has 0 N–H and O–H groups in total. The Balaban J connectivity index is 1.27. The van der Waals surface area contributed by atoms with Gasteiger partial charge in [-0.15, -0.1) is 0 Å². The van der Waals surface area contributed by atoms with Gasteiger partial charge in [-0.1, -0.05) is 116 Å². The second kappa shape index (κ2) is 10.9. The molecule has 0 saturated carbocycles. The van der Waals surface area contributed by atoms with Crippen LogP contribution in [0.5, 0.6) is 0 Å². The van der Waals surface area contributed by atoms with E-state index in [0.29, 0.717) is 0 Å². The van der Waals surface area contributed by atoms with Gasteiger partial charge in [0, 0.05) is 38.6 Å². The molecule has 1 aliphatic carbocycles. The third-order valence-corrected chi connectivity index (χ3v) is 10.4. The largest absolute Gasteiger partial charge is 0.309 e. The topological polar surface area (TPSA) is 30.7 Å². The van der Waals surface area contributed by atoms with Crippen LogP contribution in [0.25, 0.3) is 72.5 Å². The monoisotopic (exact) mass is 631 g/mol. The molecule has 3 nitrogen and oxygen atoms in total. The minimum Gasteiger partial charge on any atom is -0.309 e. The normalized spacial score (nSPS) is 13.2. The van der Waals surface area contributed by atoms with Crippen LogP contribution in [-0.4, -0.2) is 14.5 Å². The van der Waals surface area contributed by atoms with Crippen LogP contribution >= 0.6 is 0 Å². The maximum atomic E-state index is 5.20. The Labute approximate surface area is 287 Å². The zero-order valence-electron chi connectivity index (χ0n) is 28.5. The standard InChI is InChI=1S/C46H37N3/c1-28-14-18-31(19-15-28)41-27-42(48-45(47-41)32-20-16-29(2)17-21-32)33-22-30(3)23-34(24-33)49-43-13-9-7-11-36(43)38-25-37-35-10-6-8-12-39(35)46(4,5)40(37)26-44(38)49/h6-27H,1-5H3. The molecular weight excluding hydrogens is 595 g/mol. The summed E-state index contributed by atoms with van der Waals surface area (Å²) in [5.41, 5.74) is 17.5. The molecule has 0 amide bonds. The molecule has 0 unspecified atom stereocenters. The minimum absolute atomic E-state index is 0.0844. The first-order chi connectivity index (χ1) is 23.7. The average Bonchev–Trinajstić information content (AvgIpc) is 3.56. The molecule has 2 heterocycles. The third-order valence-electron chi connectivity index (χ3n) is 10.4. The van der Waals surface area contributed by atoms with Crippen molar-refractivity contribution in [2.75, 3.05) is 0 Å². The van der Waals surface area contributed by atoms with Crippen molar-refractivity contribution in [1.29, 1.82) is 0 Å². The predicted molar refractivity (Wildman–Crippen MR) is 204 cm³/mol. The Bertz CT molecular complexity index is 2520. The first kappa shape index (κ1) is 29.3. The molecule has 1 aliphatic rings. The Kier molecular flexibility index (Phi) is 6.51. The van der Waals surface area contributed by atoms with Gasteiger partial charge in [0.15, 0.2) is 5.82 Å². The Morgan fingerprint density at radius 2 is 1.12 bits per heavy atom. The molecule has 8 aromatic rings. The van der Waals surface area contributed by atoms with Gasteiger partial charge in [0.1, 0.15) is 0 Å². The number of para-hydroxylation sites is 1. The molecule has 3 heteroatoms. The quantitative estimate of drug-likeness (QED) is 0.193. The lowest BCUT2D eigenvalue weighted by Gasteiger charge is -2.21. The summed E-state index contributed by atoms with van der Waals surface area (Å²) >= 11 is 0. The number of nitrogens with zero attached hydrogens (tertiary/aromatic N) is 3. The van der Waals surface area contributed by atoms with E-state index in [1.807, 2.05) is 0 Å². The number of hydrogen-bond acceptors (Lipinski definition) is 2. The first-order valence-corrected chi connectivity index (χ1v) is 17.1. The van der Waals surface area contributed by atoms with Crippen molar-refractivity contribution in [2.45, 2.75) is 40.0 Å². The summed E-state index contributed by atoms with van der Waals surface area (Å²) in [7, 11) is 0. The van der Waals surface area contributed by atoms with Gasteiger partial charge in [-0.25, -0.2) is 9.97 Å². The van der Waals surface area contributed by atoms with Crippen molar-refractivity contribution in [3.8, 4) is 50.7 Å². The molecule has 9 rings (SSSR count). The highest BCUT2D eigenvalue weighted by atomic mass is 15.0. The molecular formula is C46H37N3. The van der Waals surface area contributed by atoms with Gasteiger partial charge < -0.3 is 4.57 Å². The molecule has 0 saturated heterocycles. The fraction of sp³-hybridized carbons (Fsp3) is 0.130. The number of aryl methyl sites for hydroxylation is 3. The van der Waals surface area contributed by atoms with E-state index in [9.17, 15) is 0 Å². The highest BCUT2D eigenvalue weighted by Crippen LogP contribution is 2.51. The van der Waals surface area contributed by atoms with Gasteiger partial charge >= 0.3 is 0 Å². The Hall–Kier alpha value is -5.80. The Morgan fingerprint density at radius 1 is 0.469 bits per heavy atom. The summed E-state index contributed by atoms with van der Waals surface area (Å²) in [6.45, 7) is 11.1. The molecule has 6 aromatic carbocycles. The second-order valence-corrected chi connectivity index (χ2v) is 14.2. The number of aromatic nitrogens is 3. The van der Waals surface area contributed by atoms with Crippen molar-refractivity contribution >= 4 is 21.8 Å². The van der Waals surface area contributed by atoms with Crippen LogP contribution in [0.15, 0.2) is 133 Å². The van der Waals surface area contributed by atoms with E-state index in [0.717, 1.165) is 39.6 Å². The van der Waals surface area contributed by atoms with Crippen molar-refractivity contribution < 1.29 is 0 Å². The highest BCUT2D eigenvalue weighted by Gasteiger charge is 2.36. The van der Waals surface area contributed by atoms with Crippen LogP contribution in [-0.2, 0) is 5.41 Å². The fourth-order valence-corrected chi connectivity index (χ4v) is 7.78. The first-order valence-electron chi connectivity index (χ1n) is 17.1. The van der Waals surface area contributed by atoms with E-state index in [4.69, 9.17) is 9.97 Å². The van der Waals surface area contributed by atoms with Crippen LogP contribution < -0.4 is 0 Å². The number of rotatable bonds is 4. The average molecular weight is 632 g/mol. The molecule has 0 atom stereocenters. The smallest absolute Gasteiger partial charge is 0.160 e. The predicted octanol–water partition coefficient (Wildman–Crippen LogP) is 11.8. The van der Waals surface area contributed by atoms with Crippen molar-refractivity contribution in [1.82, 2.24) is 14.5 Å². The zero-order chi connectivity index (χ0) is 33.4. The maximum Gasteiger partial charge on any atom is 0.160 e. The van der Waals surface area contributed by atoms with Gasteiger partial charge in [0.25, 0.3) is 0 Å². The summed E-state index contributed by atoms with van der Waals surface area (Å²) < 4.78 is 2.45. The van der Waals surface area contributed by atoms with Gasteiger partial charge in [0.05, 0.1) is 22.4 Å². The number of hydrogen-bond donors (Lipinski definition) is 0. The minimum atomic E-state index is -0.0844. The summed E-state index contributed by atoms with van der Waals surface area (Å²) in [5, 5.41) is 2.53. The maximum absolute atomic E-state index is 5.20. The molecule has 0 radical (unpaired) electrons. The van der Waals surface area contributed by atoms with Crippen molar-refractivity contribution in [2.24, 2.45) is 0 Å². The van der Waals surface area contributed by atoms with E-state index in [-0.39, 0.29) is 5.41 Å². The molecule has 0 spiro atoms. The molecule has 0 fully saturated rings. The van der Waals surface area contributed by atoms with E-state index in [1.165, 1.54) is 60.8 Å². The van der Waals surface area contributed by atoms with Gasteiger partial charge in [-0.2, -0.15) is 0 Å². The van der Waals surface area contributed by atoms with Crippen molar-refractivity contribution in [3.05, 3.63) is 161 Å². The molecule has 49 heavy (non-hydrogen) atoms. The van der Waals surface area contributed by atoms with E-state index >= 15 is 0 Å². The molecule has 0 bridgehead atoms. The summed E-state index contributed by atoms with van der Waals surface area (Å²) in [6, 6.07) is 48.6. The van der Waals surface area contributed by atoms with Gasteiger partial charge in [0.2, 0.25) is 0 Å². The van der Waals surface area contributed by atoms with Crippen LogP contribution in [0.1, 0.15) is 41.7 Å². The molecule has 236 valence electrons. The van der Waals surface area contributed by atoms with E-state index < -0.39 is 0 Å². The SMILES string of the molecule is Cc1ccc(-c2cc(-c3cc(C)cc(-n4c5ccccc5c5cc6c(cc54)C(C)(C)c4ccccc4-6)c3)nc(-c3ccc(C)cc3)n2)cc1. The summed E-state index contributed by atoms with van der Waals surface area (Å²) in [4.78, 5) is 10.3. The highest BCUT2D eigenvalue weighted by molar-refractivity contribution is 6.11. The van der Waals surface area contributed by atoms with Crippen molar-refractivity contribution in [3.63, 3.8) is 0 Å². The molecule has 2 aromatic heterocycles.